The van der Waals surface area contributed by atoms with E-state index in [1.54, 1.807) is 6.92 Å². The molecular weight excluding hydrogens is 258 g/mol. The summed E-state index contributed by atoms with van der Waals surface area (Å²) in [5.74, 6) is -1.14. The number of nitrogens with one attached hydrogen (secondary N) is 1. The number of ether oxygens (including phenoxy) is 1. The fourth-order valence-electron chi connectivity index (χ4n) is 1.35. The van der Waals surface area contributed by atoms with Gasteiger partial charge >= 0.3 is 5.97 Å². The van der Waals surface area contributed by atoms with Crippen molar-refractivity contribution in [2.45, 2.75) is 6.92 Å². The normalized spacial score (nSPS) is 9.89. The van der Waals surface area contributed by atoms with Crippen LogP contribution in [0.4, 0.5) is 11.4 Å². The van der Waals surface area contributed by atoms with Gasteiger partial charge in [0.1, 0.15) is 0 Å². The van der Waals surface area contributed by atoms with Crippen LogP contribution in [-0.2, 0) is 9.53 Å². The number of primary amides is 1. The Bertz CT molecular complexity index is 477. The fraction of sp³-hybridized carbons (Fsp3) is 0.273. The van der Waals surface area contributed by atoms with Crippen LogP contribution in [0.3, 0.4) is 0 Å². The number of benzene rings is 1. The van der Waals surface area contributed by atoms with Gasteiger partial charge in [-0.05, 0) is 19.1 Å². The first kappa shape index (κ1) is 14.1. The minimum absolute atomic E-state index is 0.143. The van der Waals surface area contributed by atoms with Crippen LogP contribution in [0, 0.1) is 0 Å². The highest BCUT2D eigenvalue weighted by Crippen LogP contribution is 2.29. The second-order valence-electron chi connectivity index (χ2n) is 3.47. The van der Waals surface area contributed by atoms with Gasteiger partial charge in [-0.1, -0.05) is 11.6 Å². The van der Waals surface area contributed by atoms with Gasteiger partial charge in [0.25, 0.3) is 0 Å². The average molecular weight is 272 g/mol. The third-order valence-electron chi connectivity index (χ3n) is 2.05. The van der Waals surface area contributed by atoms with Crippen LogP contribution in [0.25, 0.3) is 0 Å². The molecule has 1 rings (SSSR count). The number of nitrogens with two attached hydrogens (primary N) is 2. The number of hydrogen-bond donors (Lipinski definition) is 3. The van der Waals surface area contributed by atoms with Crippen LogP contribution in [-0.4, -0.2) is 25.0 Å². The monoisotopic (exact) mass is 271 g/mol. The van der Waals surface area contributed by atoms with Crippen molar-refractivity contribution in [2.75, 3.05) is 24.2 Å². The number of anilines is 2. The maximum absolute atomic E-state index is 11.7. The van der Waals surface area contributed by atoms with E-state index in [9.17, 15) is 9.59 Å². The van der Waals surface area contributed by atoms with Crippen molar-refractivity contribution in [3.05, 3.63) is 22.7 Å². The van der Waals surface area contributed by atoms with Gasteiger partial charge in [-0.2, -0.15) is 0 Å². The van der Waals surface area contributed by atoms with E-state index < -0.39 is 11.9 Å². The van der Waals surface area contributed by atoms with E-state index in [2.05, 4.69) is 5.32 Å². The number of nitrogen functional groups attached to an aromatic ring is 1. The van der Waals surface area contributed by atoms with E-state index in [1.807, 2.05) is 0 Å². The summed E-state index contributed by atoms with van der Waals surface area (Å²) in [6.07, 6.45) is 0. The van der Waals surface area contributed by atoms with E-state index in [1.165, 1.54) is 12.1 Å². The van der Waals surface area contributed by atoms with Crippen molar-refractivity contribution in [3.8, 4) is 0 Å². The first-order chi connectivity index (χ1) is 8.45. The van der Waals surface area contributed by atoms with Crippen LogP contribution >= 0.6 is 11.6 Å². The first-order valence-electron chi connectivity index (χ1n) is 5.24. The number of carbonyl (C=O) groups is 2. The third kappa shape index (κ3) is 3.53. The molecule has 0 spiro atoms. The lowest BCUT2D eigenvalue weighted by atomic mass is 10.1. The zero-order valence-electron chi connectivity index (χ0n) is 9.83. The highest BCUT2D eigenvalue weighted by molar-refractivity contribution is 6.34. The van der Waals surface area contributed by atoms with Gasteiger partial charge in [-0.25, -0.2) is 4.79 Å². The number of carbonyl (C=O) groups excluding carboxylic acids is 2. The maximum atomic E-state index is 11.7. The average Bonchev–Trinajstić information content (AvgIpc) is 2.26. The molecule has 0 heterocycles. The van der Waals surface area contributed by atoms with Crippen molar-refractivity contribution in [1.82, 2.24) is 0 Å². The molecule has 0 radical (unpaired) electrons. The molecule has 1 amide bonds. The van der Waals surface area contributed by atoms with E-state index in [0.29, 0.717) is 5.69 Å². The van der Waals surface area contributed by atoms with Gasteiger partial charge in [0.2, 0.25) is 5.91 Å². The largest absolute Gasteiger partial charge is 0.462 e. The Morgan fingerprint density at radius 3 is 2.67 bits per heavy atom. The summed E-state index contributed by atoms with van der Waals surface area (Å²) >= 11 is 5.96. The van der Waals surface area contributed by atoms with Gasteiger partial charge in [0.05, 0.1) is 29.4 Å². The summed E-state index contributed by atoms with van der Waals surface area (Å²) in [7, 11) is 0. The molecule has 0 aliphatic heterocycles. The molecule has 6 nitrogen and oxygen atoms in total. The summed E-state index contributed by atoms with van der Waals surface area (Å²) in [5, 5.41) is 2.91. The Kier molecular flexibility index (Phi) is 4.79. The third-order valence-corrected chi connectivity index (χ3v) is 2.35. The summed E-state index contributed by atoms with van der Waals surface area (Å²) in [6, 6.07) is 2.89. The van der Waals surface area contributed by atoms with E-state index >= 15 is 0 Å². The molecule has 5 N–H and O–H groups in total. The molecule has 0 aliphatic rings. The molecule has 0 unspecified atom stereocenters. The Morgan fingerprint density at radius 2 is 2.11 bits per heavy atom. The van der Waals surface area contributed by atoms with Crippen LogP contribution < -0.4 is 16.8 Å². The lowest BCUT2D eigenvalue weighted by Gasteiger charge is -2.13. The predicted molar refractivity (Wildman–Crippen MR) is 69.5 cm³/mol. The van der Waals surface area contributed by atoms with Crippen molar-refractivity contribution in [3.63, 3.8) is 0 Å². The number of amides is 1. The number of esters is 1. The SMILES string of the molecule is CCOC(=O)c1cc(N)cc(Cl)c1NCC(N)=O. The van der Waals surface area contributed by atoms with Crippen molar-refractivity contribution in [1.29, 1.82) is 0 Å². The molecule has 98 valence electrons. The quantitative estimate of drug-likeness (QED) is 0.547. The van der Waals surface area contributed by atoms with Crippen molar-refractivity contribution < 1.29 is 14.3 Å². The molecule has 0 aromatic heterocycles. The molecule has 0 bridgehead atoms. The highest BCUT2D eigenvalue weighted by atomic mass is 35.5. The maximum Gasteiger partial charge on any atom is 0.340 e. The van der Waals surface area contributed by atoms with Crippen molar-refractivity contribution >= 4 is 34.9 Å². The number of hydrogen-bond acceptors (Lipinski definition) is 5. The van der Waals surface area contributed by atoms with E-state index in [4.69, 9.17) is 27.8 Å². The van der Waals surface area contributed by atoms with Crippen molar-refractivity contribution in [2.24, 2.45) is 5.73 Å². The summed E-state index contributed by atoms with van der Waals surface area (Å²) in [5.41, 5.74) is 11.4. The van der Waals surface area contributed by atoms with E-state index in [0.717, 1.165) is 0 Å². The molecule has 0 saturated heterocycles. The lowest BCUT2D eigenvalue weighted by molar-refractivity contribution is -0.116. The highest BCUT2D eigenvalue weighted by Gasteiger charge is 2.17. The minimum atomic E-state index is -0.572. The molecule has 18 heavy (non-hydrogen) atoms. The van der Waals surface area contributed by atoms with Gasteiger partial charge < -0.3 is 21.5 Å². The van der Waals surface area contributed by atoms with Gasteiger partial charge in [0, 0.05) is 5.69 Å². The first-order valence-corrected chi connectivity index (χ1v) is 5.61. The van der Waals surface area contributed by atoms with Crippen LogP contribution in [0.5, 0.6) is 0 Å². The summed E-state index contributed by atoms with van der Waals surface area (Å²) in [4.78, 5) is 22.5. The number of rotatable bonds is 5. The van der Waals surface area contributed by atoms with Gasteiger partial charge in [-0.3, -0.25) is 4.79 Å². The number of halogens is 1. The smallest absolute Gasteiger partial charge is 0.340 e. The van der Waals surface area contributed by atoms with Crippen LogP contribution in [0.15, 0.2) is 12.1 Å². The molecule has 1 aromatic carbocycles. The van der Waals surface area contributed by atoms with Gasteiger partial charge in [-0.15, -0.1) is 0 Å². The summed E-state index contributed by atoms with van der Waals surface area (Å²) < 4.78 is 4.88. The second-order valence-corrected chi connectivity index (χ2v) is 3.87. The Labute approximate surface area is 109 Å². The van der Waals surface area contributed by atoms with Gasteiger partial charge in [0.15, 0.2) is 0 Å². The fourth-order valence-corrected chi connectivity index (χ4v) is 1.65. The molecule has 7 heteroatoms. The zero-order valence-corrected chi connectivity index (χ0v) is 10.6. The molecule has 0 fully saturated rings. The Morgan fingerprint density at radius 1 is 1.44 bits per heavy atom. The molecule has 0 aliphatic carbocycles. The molecule has 0 saturated carbocycles. The van der Waals surface area contributed by atoms with Crippen LogP contribution in [0.1, 0.15) is 17.3 Å². The summed E-state index contributed by atoms with van der Waals surface area (Å²) in [6.45, 7) is 1.76. The second kappa shape index (κ2) is 6.11. The standard InChI is InChI=1S/C11H14ClN3O3/c1-2-18-11(17)7-3-6(13)4-8(12)10(7)15-5-9(14)16/h3-4,15H,2,5,13H2,1H3,(H2,14,16). The molecule has 0 atom stereocenters. The lowest BCUT2D eigenvalue weighted by Crippen LogP contribution is -2.23. The predicted octanol–water partition coefficient (Wildman–Crippen LogP) is 0.996. The topological polar surface area (TPSA) is 107 Å². The molecular formula is C11H14ClN3O3. The molecule has 1 aromatic rings. The minimum Gasteiger partial charge on any atom is -0.462 e. The zero-order chi connectivity index (χ0) is 13.7. The Balaban J connectivity index is 3.12. The van der Waals surface area contributed by atoms with Crippen LogP contribution in [0.2, 0.25) is 5.02 Å². The van der Waals surface area contributed by atoms with E-state index in [-0.39, 0.29) is 29.4 Å². The Hall–Kier alpha value is -1.95.